The molecule has 1 aliphatic heterocycles. The smallest absolute Gasteiger partial charge is 0.335 e. The Kier molecular flexibility index (Phi) is 4.63. The minimum absolute atomic E-state index is 0.194. The first-order valence-corrected chi connectivity index (χ1v) is 8.38. The SMILES string of the molecule is COC(=O)C1=C(C(=O)OC)C2(C)C(=C(C)C1)Oc1cc(OC)cc(OC)c12. The van der Waals surface area contributed by atoms with Gasteiger partial charge < -0.3 is 23.7 Å². The average molecular weight is 374 g/mol. The van der Waals surface area contributed by atoms with Crippen LogP contribution in [0.15, 0.2) is 34.6 Å². The number of methoxy groups -OCH3 is 4. The quantitative estimate of drug-likeness (QED) is 0.750. The second kappa shape index (κ2) is 6.64. The molecule has 0 saturated heterocycles. The molecule has 3 rings (SSSR count). The summed E-state index contributed by atoms with van der Waals surface area (Å²) < 4.78 is 26.9. The molecule has 0 amide bonds. The lowest BCUT2D eigenvalue weighted by Gasteiger charge is -2.33. The van der Waals surface area contributed by atoms with E-state index in [1.165, 1.54) is 21.3 Å². The summed E-state index contributed by atoms with van der Waals surface area (Å²) in [6.07, 6.45) is 0.232. The highest BCUT2D eigenvalue weighted by Crippen LogP contribution is 2.58. The Morgan fingerprint density at radius 3 is 2.26 bits per heavy atom. The molecule has 0 spiro atoms. The summed E-state index contributed by atoms with van der Waals surface area (Å²) in [7, 11) is 5.63. The fourth-order valence-electron chi connectivity index (χ4n) is 3.96. The minimum atomic E-state index is -1.05. The molecule has 1 aromatic rings. The molecule has 0 aromatic heterocycles. The van der Waals surface area contributed by atoms with E-state index in [9.17, 15) is 9.59 Å². The van der Waals surface area contributed by atoms with Crippen molar-refractivity contribution in [2.45, 2.75) is 25.7 Å². The Labute approximate surface area is 157 Å². The summed E-state index contributed by atoms with van der Waals surface area (Å²) in [6, 6.07) is 3.45. The van der Waals surface area contributed by atoms with E-state index in [2.05, 4.69) is 0 Å². The predicted molar refractivity (Wildman–Crippen MR) is 95.9 cm³/mol. The van der Waals surface area contributed by atoms with Crippen LogP contribution in [0.4, 0.5) is 0 Å². The van der Waals surface area contributed by atoms with Gasteiger partial charge >= 0.3 is 11.9 Å². The Hall–Kier alpha value is -2.96. The van der Waals surface area contributed by atoms with Gasteiger partial charge in [0.05, 0.1) is 50.6 Å². The third-order valence-corrected chi connectivity index (χ3v) is 5.11. The van der Waals surface area contributed by atoms with E-state index >= 15 is 0 Å². The lowest BCUT2D eigenvalue weighted by molar-refractivity contribution is -0.140. The van der Waals surface area contributed by atoms with Crippen molar-refractivity contribution in [3.63, 3.8) is 0 Å². The van der Waals surface area contributed by atoms with Gasteiger partial charge in [-0.25, -0.2) is 9.59 Å². The fourth-order valence-corrected chi connectivity index (χ4v) is 3.96. The summed E-state index contributed by atoms with van der Waals surface area (Å²) in [4.78, 5) is 25.2. The maximum atomic E-state index is 12.8. The van der Waals surface area contributed by atoms with Crippen molar-refractivity contribution in [2.75, 3.05) is 28.4 Å². The van der Waals surface area contributed by atoms with E-state index < -0.39 is 17.4 Å². The molecule has 1 unspecified atom stereocenters. The molecule has 1 aromatic carbocycles. The van der Waals surface area contributed by atoms with Gasteiger partial charge in [-0.3, -0.25) is 0 Å². The van der Waals surface area contributed by atoms with Crippen molar-refractivity contribution >= 4 is 11.9 Å². The number of hydrogen-bond acceptors (Lipinski definition) is 7. The van der Waals surface area contributed by atoms with E-state index in [0.717, 1.165) is 5.57 Å². The van der Waals surface area contributed by atoms with Crippen molar-refractivity contribution in [3.8, 4) is 17.2 Å². The number of carbonyl (C=O) groups is 2. The van der Waals surface area contributed by atoms with Gasteiger partial charge in [0.25, 0.3) is 0 Å². The van der Waals surface area contributed by atoms with E-state index in [0.29, 0.717) is 28.6 Å². The topological polar surface area (TPSA) is 80.3 Å². The number of rotatable bonds is 4. The standard InChI is InChI=1S/C20H22O7/c1-10-7-12(18(21)25-5)15(19(22)26-6)20(2)16-13(24-4)8-11(23-3)9-14(16)27-17(10)20/h8-9H,7H2,1-6H3. The molecule has 2 aliphatic rings. The normalized spacial score (nSPS) is 20.5. The van der Waals surface area contributed by atoms with Gasteiger partial charge in [0, 0.05) is 18.6 Å². The van der Waals surface area contributed by atoms with E-state index in [1.54, 1.807) is 19.2 Å². The van der Waals surface area contributed by atoms with Gasteiger partial charge in [-0.1, -0.05) is 0 Å². The van der Waals surface area contributed by atoms with E-state index in [4.69, 9.17) is 23.7 Å². The Bertz CT molecular complexity index is 894. The average Bonchev–Trinajstić information content (AvgIpc) is 2.99. The van der Waals surface area contributed by atoms with Gasteiger partial charge in [0.15, 0.2) is 0 Å². The molecule has 1 atom stereocenters. The van der Waals surface area contributed by atoms with Crippen LogP contribution in [0.1, 0.15) is 25.8 Å². The predicted octanol–water partition coefficient (Wildman–Crippen LogP) is 2.67. The number of allylic oxidation sites excluding steroid dienone is 2. The van der Waals surface area contributed by atoms with E-state index in [1.807, 2.05) is 13.8 Å². The largest absolute Gasteiger partial charge is 0.496 e. The van der Waals surface area contributed by atoms with Crippen LogP contribution in [0.25, 0.3) is 0 Å². The molecule has 0 fully saturated rings. The van der Waals surface area contributed by atoms with Crippen molar-refractivity contribution in [1.82, 2.24) is 0 Å². The molecule has 1 heterocycles. The Morgan fingerprint density at radius 2 is 1.70 bits per heavy atom. The van der Waals surface area contributed by atoms with Crippen molar-refractivity contribution in [2.24, 2.45) is 0 Å². The molecular formula is C20H22O7. The highest BCUT2D eigenvalue weighted by Gasteiger charge is 2.54. The molecule has 7 heteroatoms. The molecule has 0 saturated carbocycles. The highest BCUT2D eigenvalue weighted by atomic mass is 16.5. The lowest BCUT2D eigenvalue weighted by Crippen LogP contribution is -2.36. The van der Waals surface area contributed by atoms with Crippen molar-refractivity contribution < 1.29 is 33.3 Å². The van der Waals surface area contributed by atoms with E-state index in [-0.39, 0.29) is 17.6 Å². The van der Waals surface area contributed by atoms with Crippen LogP contribution in [-0.2, 0) is 24.5 Å². The summed E-state index contributed by atoms with van der Waals surface area (Å²) in [6.45, 7) is 3.68. The monoisotopic (exact) mass is 374 g/mol. The maximum Gasteiger partial charge on any atom is 0.335 e. The number of esters is 2. The van der Waals surface area contributed by atoms with Crippen LogP contribution in [0, 0.1) is 0 Å². The summed E-state index contributed by atoms with van der Waals surface area (Å²) in [5.41, 5.74) is 0.859. The first-order valence-electron chi connectivity index (χ1n) is 8.38. The molecule has 0 bridgehead atoms. The highest BCUT2D eigenvalue weighted by molar-refractivity contribution is 6.04. The van der Waals surface area contributed by atoms with Crippen molar-refractivity contribution in [3.05, 3.63) is 40.2 Å². The van der Waals surface area contributed by atoms with Crippen LogP contribution < -0.4 is 14.2 Å². The zero-order chi connectivity index (χ0) is 19.9. The summed E-state index contributed by atoms with van der Waals surface area (Å²) in [5.74, 6) is 0.950. The van der Waals surface area contributed by atoms with Gasteiger partial charge in [-0.15, -0.1) is 0 Å². The third kappa shape index (κ3) is 2.57. The minimum Gasteiger partial charge on any atom is -0.496 e. The number of benzene rings is 1. The number of fused-ring (bicyclic) bond motifs is 3. The van der Waals surface area contributed by atoms with Gasteiger partial charge in [-0.2, -0.15) is 0 Å². The van der Waals surface area contributed by atoms with Crippen LogP contribution in [0.3, 0.4) is 0 Å². The summed E-state index contributed by atoms with van der Waals surface area (Å²) >= 11 is 0. The van der Waals surface area contributed by atoms with Crippen LogP contribution >= 0.6 is 0 Å². The molecule has 27 heavy (non-hydrogen) atoms. The number of ether oxygens (including phenoxy) is 5. The Morgan fingerprint density at radius 1 is 1.04 bits per heavy atom. The first-order chi connectivity index (χ1) is 12.8. The molecule has 7 nitrogen and oxygen atoms in total. The number of hydrogen-bond donors (Lipinski definition) is 0. The van der Waals surface area contributed by atoms with Crippen LogP contribution in [0.5, 0.6) is 17.2 Å². The third-order valence-electron chi connectivity index (χ3n) is 5.11. The number of carbonyl (C=O) groups excluding carboxylic acids is 2. The molecule has 144 valence electrons. The molecule has 0 N–H and O–H groups in total. The van der Waals surface area contributed by atoms with Crippen molar-refractivity contribution in [1.29, 1.82) is 0 Å². The van der Waals surface area contributed by atoms with Gasteiger partial charge in [0.2, 0.25) is 0 Å². The maximum absolute atomic E-state index is 12.8. The second-order valence-corrected chi connectivity index (χ2v) is 6.55. The van der Waals surface area contributed by atoms with Gasteiger partial charge in [-0.05, 0) is 19.4 Å². The molecule has 1 aliphatic carbocycles. The lowest BCUT2D eigenvalue weighted by atomic mass is 9.68. The first kappa shape index (κ1) is 18.8. The Balaban J connectivity index is 2.38. The van der Waals surface area contributed by atoms with Crippen LogP contribution in [-0.4, -0.2) is 40.4 Å². The second-order valence-electron chi connectivity index (χ2n) is 6.55. The molecular weight excluding hydrogens is 352 g/mol. The van der Waals surface area contributed by atoms with Crippen LogP contribution in [0.2, 0.25) is 0 Å². The fraction of sp³-hybridized carbons (Fsp3) is 0.400. The zero-order valence-electron chi connectivity index (χ0n) is 16.2. The molecule has 0 radical (unpaired) electrons. The summed E-state index contributed by atoms with van der Waals surface area (Å²) in [5, 5.41) is 0. The zero-order valence-corrected chi connectivity index (χ0v) is 16.2. The van der Waals surface area contributed by atoms with Gasteiger partial charge in [0.1, 0.15) is 23.0 Å².